The van der Waals surface area contributed by atoms with E-state index in [0.29, 0.717) is 11.3 Å². The molecule has 0 amide bonds. The number of methoxy groups -OCH3 is 1. The minimum atomic E-state index is -1.11. The molecule has 0 aliphatic rings. The number of rotatable bonds is 4. The monoisotopic (exact) mass is 303 g/mol. The molecule has 0 aliphatic heterocycles. The topological polar surface area (TPSA) is 50.1 Å². The third kappa shape index (κ3) is 2.88. The van der Waals surface area contributed by atoms with E-state index in [0.717, 1.165) is 6.07 Å². The van der Waals surface area contributed by atoms with Gasteiger partial charge in [-0.2, -0.15) is 5.26 Å². The second-order valence-corrected chi connectivity index (χ2v) is 4.65. The van der Waals surface area contributed by atoms with Gasteiger partial charge in [-0.1, -0.05) is 35.9 Å². The van der Waals surface area contributed by atoms with E-state index in [2.05, 4.69) is 0 Å². The van der Waals surface area contributed by atoms with Crippen molar-refractivity contribution in [2.45, 2.75) is 5.92 Å². The molecule has 2 aromatic rings. The Morgan fingerprint density at radius 1 is 1.29 bits per heavy atom. The molecule has 1 atom stereocenters. The largest absolute Gasteiger partial charge is 0.496 e. The first kappa shape index (κ1) is 15.0. The molecule has 0 bridgehead atoms. The number of ether oxygens (including phenoxy) is 1. The summed E-state index contributed by atoms with van der Waals surface area (Å²) in [5, 5.41) is 9.05. The van der Waals surface area contributed by atoms with Crippen molar-refractivity contribution >= 4 is 17.4 Å². The molecule has 0 heterocycles. The predicted molar refractivity (Wildman–Crippen MR) is 77.1 cm³/mol. The average molecular weight is 304 g/mol. The summed E-state index contributed by atoms with van der Waals surface area (Å²) in [5.41, 5.74) is 0.405. The van der Waals surface area contributed by atoms with Crippen LogP contribution in [0, 0.1) is 17.1 Å². The molecule has 0 aliphatic carbocycles. The van der Waals surface area contributed by atoms with E-state index in [1.807, 2.05) is 6.07 Å². The molecule has 0 radical (unpaired) electrons. The van der Waals surface area contributed by atoms with Crippen molar-refractivity contribution in [2.24, 2.45) is 0 Å². The number of carbonyl (C=O) groups is 1. The van der Waals surface area contributed by atoms with Crippen molar-refractivity contribution in [1.82, 2.24) is 0 Å². The van der Waals surface area contributed by atoms with Crippen molar-refractivity contribution < 1.29 is 13.9 Å². The number of carbonyl (C=O) groups excluding carboxylic acids is 1. The van der Waals surface area contributed by atoms with E-state index in [9.17, 15) is 14.4 Å². The zero-order valence-corrected chi connectivity index (χ0v) is 11.9. The molecule has 2 aromatic carbocycles. The first-order chi connectivity index (χ1) is 10.1. The third-order valence-corrected chi connectivity index (χ3v) is 3.44. The fraction of sp³-hybridized carbons (Fsp3) is 0.125. The van der Waals surface area contributed by atoms with Crippen LogP contribution in [-0.2, 0) is 0 Å². The van der Waals surface area contributed by atoms with Gasteiger partial charge in [-0.25, -0.2) is 4.39 Å². The molecule has 106 valence electrons. The molecule has 0 aromatic heterocycles. The minimum Gasteiger partial charge on any atom is -0.496 e. The Morgan fingerprint density at radius 2 is 2.00 bits per heavy atom. The van der Waals surface area contributed by atoms with Crippen molar-refractivity contribution in [2.75, 3.05) is 7.11 Å². The second kappa shape index (κ2) is 6.38. The summed E-state index contributed by atoms with van der Waals surface area (Å²) in [5.74, 6) is -1.95. The van der Waals surface area contributed by atoms with Crippen LogP contribution < -0.4 is 4.74 Å². The van der Waals surface area contributed by atoms with Crippen LogP contribution in [0.25, 0.3) is 0 Å². The molecule has 3 nitrogen and oxygen atoms in total. The average Bonchev–Trinajstić information content (AvgIpc) is 2.51. The zero-order chi connectivity index (χ0) is 15.4. The number of ketones is 1. The van der Waals surface area contributed by atoms with Crippen LogP contribution in [0.15, 0.2) is 42.5 Å². The van der Waals surface area contributed by atoms with E-state index in [-0.39, 0.29) is 10.6 Å². The molecule has 0 saturated carbocycles. The maximum absolute atomic E-state index is 13.5. The van der Waals surface area contributed by atoms with Crippen molar-refractivity contribution in [3.05, 3.63) is 64.4 Å². The van der Waals surface area contributed by atoms with Gasteiger partial charge >= 0.3 is 0 Å². The Balaban J connectivity index is 2.49. The van der Waals surface area contributed by atoms with Crippen LogP contribution >= 0.6 is 11.6 Å². The molecule has 0 saturated heterocycles. The van der Waals surface area contributed by atoms with Gasteiger partial charge in [0.2, 0.25) is 0 Å². The zero-order valence-electron chi connectivity index (χ0n) is 11.1. The van der Waals surface area contributed by atoms with Gasteiger partial charge in [0.05, 0.1) is 18.2 Å². The first-order valence-electron chi connectivity index (χ1n) is 6.11. The highest BCUT2D eigenvalue weighted by Gasteiger charge is 2.27. The van der Waals surface area contributed by atoms with Crippen molar-refractivity contribution in [3.8, 4) is 11.8 Å². The van der Waals surface area contributed by atoms with Gasteiger partial charge in [-0.05, 0) is 18.2 Å². The van der Waals surface area contributed by atoms with Gasteiger partial charge in [0, 0.05) is 11.1 Å². The maximum atomic E-state index is 13.5. The molecule has 2 rings (SSSR count). The fourth-order valence-electron chi connectivity index (χ4n) is 2.02. The summed E-state index contributed by atoms with van der Waals surface area (Å²) in [6.07, 6.45) is 0. The molecular formula is C16H11ClFNO2. The molecular weight excluding hydrogens is 293 g/mol. The lowest BCUT2D eigenvalue weighted by molar-refractivity contribution is 0.0977. The highest BCUT2D eigenvalue weighted by atomic mass is 35.5. The third-order valence-electron chi connectivity index (χ3n) is 3.06. The van der Waals surface area contributed by atoms with Crippen LogP contribution in [0.4, 0.5) is 4.39 Å². The van der Waals surface area contributed by atoms with Crippen LogP contribution in [0.3, 0.4) is 0 Å². The number of para-hydroxylation sites is 1. The lowest BCUT2D eigenvalue weighted by Gasteiger charge is -2.13. The number of halogens is 2. The molecule has 0 spiro atoms. The number of Topliss-reactive ketones (excluding diaryl/α,β-unsaturated/α-hetero) is 1. The standard InChI is InChI=1S/C16H11ClFNO2/c1-21-14-8-3-2-5-10(14)12(9-19)16(20)11-6-4-7-13(18)15(11)17/h2-8,12H,1H3. The second-order valence-electron chi connectivity index (χ2n) is 4.27. The predicted octanol–water partition coefficient (Wildman–Crippen LogP) is 3.98. The number of hydrogen-bond donors (Lipinski definition) is 0. The van der Waals surface area contributed by atoms with Gasteiger partial charge in [0.1, 0.15) is 17.5 Å². The van der Waals surface area contributed by atoms with Crippen LogP contribution in [0.5, 0.6) is 5.75 Å². The van der Waals surface area contributed by atoms with E-state index < -0.39 is 17.5 Å². The Hall–Kier alpha value is -2.38. The van der Waals surface area contributed by atoms with Gasteiger partial charge in [-0.15, -0.1) is 0 Å². The van der Waals surface area contributed by atoms with Crippen LogP contribution in [0.1, 0.15) is 21.8 Å². The molecule has 5 heteroatoms. The summed E-state index contributed by atoms with van der Waals surface area (Å²) in [6.45, 7) is 0. The molecule has 21 heavy (non-hydrogen) atoms. The SMILES string of the molecule is COc1ccccc1C(C#N)C(=O)c1cccc(F)c1Cl. The Labute approximate surface area is 126 Å². The van der Waals surface area contributed by atoms with E-state index in [1.54, 1.807) is 24.3 Å². The highest BCUT2D eigenvalue weighted by Crippen LogP contribution is 2.31. The van der Waals surface area contributed by atoms with E-state index in [1.165, 1.54) is 19.2 Å². The Kier molecular flexibility index (Phi) is 4.56. The highest BCUT2D eigenvalue weighted by molar-refractivity contribution is 6.34. The van der Waals surface area contributed by atoms with Crippen molar-refractivity contribution in [3.63, 3.8) is 0 Å². The van der Waals surface area contributed by atoms with Crippen LogP contribution in [-0.4, -0.2) is 12.9 Å². The summed E-state index contributed by atoms with van der Waals surface area (Å²) >= 11 is 5.81. The maximum Gasteiger partial charge on any atom is 0.186 e. The molecule has 0 N–H and O–H groups in total. The summed E-state index contributed by atoms with van der Waals surface area (Å²) in [6, 6.07) is 12.6. The number of hydrogen-bond acceptors (Lipinski definition) is 3. The van der Waals surface area contributed by atoms with Gasteiger partial charge in [0.15, 0.2) is 5.78 Å². The smallest absolute Gasteiger partial charge is 0.186 e. The number of nitriles is 1. The normalized spacial score (nSPS) is 11.5. The molecule has 1 unspecified atom stereocenters. The minimum absolute atomic E-state index is 0.0193. The fourth-order valence-corrected chi connectivity index (χ4v) is 2.24. The summed E-state index contributed by atoms with van der Waals surface area (Å²) in [4.78, 5) is 12.5. The summed E-state index contributed by atoms with van der Waals surface area (Å²) < 4.78 is 18.6. The van der Waals surface area contributed by atoms with Crippen LogP contribution in [0.2, 0.25) is 5.02 Å². The van der Waals surface area contributed by atoms with Crippen molar-refractivity contribution in [1.29, 1.82) is 5.26 Å². The lowest BCUT2D eigenvalue weighted by atomic mass is 9.91. The molecule has 0 fully saturated rings. The first-order valence-corrected chi connectivity index (χ1v) is 6.48. The van der Waals surface area contributed by atoms with Gasteiger partial charge < -0.3 is 4.74 Å². The van der Waals surface area contributed by atoms with Gasteiger partial charge in [0.25, 0.3) is 0 Å². The lowest BCUT2D eigenvalue weighted by Crippen LogP contribution is -2.13. The quantitative estimate of drug-likeness (QED) is 0.803. The Bertz CT molecular complexity index is 724. The van der Waals surface area contributed by atoms with E-state index in [4.69, 9.17) is 16.3 Å². The number of benzene rings is 2. The summed E-state index contributed by atoms with van der Waals surface area (Å²) in [7, 11) is 1.45. The number of nitrogens with zero attached hydrogens (tertiary/aromatic N) is 1. The van der Waals surface area contributed by atoms with Gasteiger partial charge in [-0.3, -0.25) is 4.79 Å². The Morgan fingerprint density at radius 3 is 2.67 bits per heavy atom. The van der Waals surface area contributed by atoms with E-state index >= 15 is 0 Å².